The monoisotopic (exact) mass is 231 g/mol. The van der Waals surface area contributed by atoms with Gasteiger partial charge < -0.3 is 5.73 Å². The second-order valence-electron chi connectivity index (χ2n) is 3.49. The normalized spacial score (nSPS) is 13.7. The Labute approximate surface area is 89.3 Å². The molecule has 0 spiro atoms. The van der Waals surface area contributed by atoms with Crippen molar-refractivity contribution in [3.8, 4) is 0 Å². The summed E-state index contributed by atoms with van der Waals surface area (Å²) in [5.41, 5.74) is 6.56. The molecule has 0 aliphatic carbocycles. The third-order valence-electron chi connectivity index (χ3n) is 2.06. The van der Waals surface area contributed by atoms with Gasteiger partial charge in [-0.3, -0.25) is 0 Å². The molecule has 1 aromatic carbocycles. The summed E-state index contributed by atoms with van der Waals surface area (Å²) < 4.78 is 32.9. The topological polar surface area (TPSA) is 60.2 Å². The first-order valence-corrected chi connectivity index (χ1v) is 6.24. The number of benzene rings is 1. The number of hydrogen-bond donors (Lipinski definition) is 1. The summed E-state index contributed by atoms with van der Waals surface area (Å²) in [6, 6.07) is 8.91. The van der Waals surface area contributed by atoms with E-state index in [9.17, 15) is 12.3 Å². The molecule has 0 aliphatic heterocycles. The minimum Gasteiger partial charge on any atom is -0.327 e. The highest BCUT2D eigenvalue weighted by Crippen LogP contribution is 2.05. The van der Waals surface area contributed by atoms with Gasteiger partial charge in [-0.15, -0.1) is 3.89 Å². The van der Waals surface area contributed by atoms with Gasteiger partial charge in [-0.25, -0.2) is 0 Å². The Morgan fingerprint density at radius 1 is 1.27 bits per heavy atom. The van der Waals surface area contributed by atoms with Crippen LogP contribution in [0.1, 0.15) is 12.0 Å². The molecule has 5 heteroatoms. The molecule has 1 unspecified atom stereocenters. The molecule has 0 saturated carbocycles. The van der Waals surface area contributed by atoms with Gasteiger partial charge in [-0.2, -0.15) is 8.42 Å². The Kier molecular flexibility index (Phi) is 4.23. The Bertz CT molecular complexity index is 391. The van der Waals surface area contributed by atoms with Gasteiger partial charge in [0.05, 0.1) is 5.75 Å². The zero-order valence-corrected chi connectivity index (χ0v) is 9.08. The minimum atomic E-state index is -4.45. The zero-order valence-electron chi connectivity index (χ0n) is 8.27. The SMILES string of the molecule is NC(CCc1ccccc1)CS(=O)(=O)F. The Morgan fingerprint density at radius 2 is 1.87 bits per heavy atom. The van der Waals surface area contributed by atoms with E-state index in [0.29, 0.717) is 12.8 Å². The number of aryl methyl sites for hydroxylation is 1. The number of halogens is 1. The van der Waals surface area contributed by atoms with Crippen molar-refractivity contribution in [2.75, 3.05) is 5.75 Å². The molecule has 84 valence electrons. The van der Waals surface area contributed by atoms with Crippen LogP contribution >= 0.6 is 0 Å². The summed E-state index contributed by atoms with van der Waals surface area (Å²) in [6.45, 7) is 0. The van der Waals surface area contributed by atoms with Crippen LogP contribution in [0.5, 0.6) is 0 Å². The van der Waals surface area contributed by atoms with Crippen LogP contribution in [0.2, 0.25) is 0 Å². The largest absolute Gasteiger partial charge is 0.327 e. The van der Waals surface area contributed by atoms with Crippen LogP contribution in [-0.2, 0) is 16.6 Å². The summed E-state index contributed by atoms with van der Waals surface area (Å²) in [4.78, 5) is 0. The van der Waals surface area contributed by atoms with E-state index in [4.69, 9.17) is 5.73 Å². The third-order valence-corrected chi connectivity index (χ3v) is 2.89. The average molecular weight is 231 g/mol. The lowest BCUT2D eigenvalue weighted by Crippen LogP contribution is -2.28. The molecule has 15 heavy (non-hydrogen) atoms. The predicted molar refractivity (Wildman–Crippen MR) is 57.6 cm³/mol. The molecule has 0 aromatic heterocycles. The lowest BCUT2D eigenvalue weighted by Gasteiger charge is -2.08. The molecule has 0 heterocycles. The molecule has 1 aromatic rings. The number of hydrogen-bond acceptors (Lipinski definition) is 3. The van der Waals surface area contributed by atoms with Crippen LogP contribution in [0.3, 0.4) is 0 Å². The van der Waals surface area contributed by atoms with Gasteiger partial charge >= 0.3 is 10.2 Å². The lowest BCUT2D eigenvalue weighted by atomic mass is 10.1. The maximum atomic E-state index is 12.3. The second-order valence-corrected chi connectivity index (χ2v) is 4.90. The number of rotatable bonds is 5. The van der Waals surface area contributed by atoms with Crippen LogP contribution in [0.25, 0.3) is 0 Å². The van der Waals surface area contributed by atoms with E-state index in [1.165, 1.54) is 0 Å². The first-order chi connectivity index (χ1) is 6.97. The summed E-state index contributed by atoms with van der Waals surface area (Å²) in [7, 11) is -4.45. The fourth-order valence-corrected chi connectivity index (χ4v) is 2.01. The van der Waals surface area contributed by atoms with E-state index in [1.807, 2.05) is 30.3 Å². The molecule has 0 aliphatic rings. The Hall–Kier alpha value is -0.940. The summed E-state index contributed by atoms with van der Waals surface area (Å²) in [6.07, 6.45) is 1.13. The van der Waals surface area contributed by atoms with Gasteiger partial charge in [0.2, 0.25) is 0 Å². The first kappa shape index (κ1) is 12.1. The highest BCUT2D eigenvalue weighted by Gasteiger charge is 2.14. The fraction of sp³-hybridized carbons (Fsp3) is 0.400. The molecule has 0 saturated heterocycles. The van der Waals surface area contributed by atoms with E-state index in [2.05, 4.69) is 0 Å². The lowest BCUT2D eigenvalue weighted by molar-refractivity contribution is 0.538. The van der Waals surface area contributed by atoms with Crippen molar-refractivity contribution in [3.63, 3.8) is 0 Å². The van der Waals surface area contributed by atoms with E-state index in [1.54, 1.807) is 0 Å². The quantitative estimate of drug-likeness (QED) is 0.776. The molecule has 2 N–H and O–H groups in total. The first-order valence-electron chi connectivity index (χ1n) is 4.69. The Balaban J connectivity index is 2.38. The molecule has 1 rings (SSSR count). The average Bonchev–Trinajstić information content (AvgIpc) is 2.14. The molecule has 0 bridgehead atoms. The van der Waals surface area contributed by atoms with Crippen LogP contribution < -0.4 is 5.73 Å². The summed E-state index contributed by atoms with van der Waals surface area (Å²) >= 11 is 0. The molecule has 0 fully saturated rings. The summed E-state index contributed by atoms with van der Waals surface area (Å²) in [5, 5.41) is 0. The third kappa shape index (κ3) is 5.49. The van der Waals surface area contributed by atoms with Crippen molar-refractivity contribution in [1.82, 2.24) is 0 Å². The molecular formula is C10H14FNO2S. The van der Waals surface area contributed by atoms with Gasteiger partial charge in [-0.1, -0.05) is 30.3 Å². The maximum absolute atomic E-state index is 12.3. The van der Waals surface area contributed by atoms with E-state index in [0.717, 1.165) is 5.56 Å². The maximum Gasteiger partial charge on any atom is 0.303 e. The zero-order chi connectivity index (χ0) is 11.3. The molecule has 0 radical (unpaired) electrons. The molecule has 1 atom stereocenters. The van der Waals surface area contributed by atoms with E-state index < -0.39 is 22.0 Å². The van der Waals surface area contributed by atoms with Gasteiger partial charge in [0, 0.05) is 6.04 Å². The minimum absolute atomic E-state index is 0.465. The molecular weight excluding hydrogens is 217 g/mol. The van der Waals surface area contributed by atoms with Crippen LogP contribution in [0, 0.1) is 0 Å². The highest BCUT2D eigenvalue weighted by atomic mass is 32.3. The van der Waals surface area contributed by atoms with Crippen LogP contribution in [0.15, 0.2) is 30.3 Å². The number of nitrogens with two attached hydrogens (primary N) is 1. The smallest absolute Gasteiger partial charge is 0.303 e. The predicted octanol–water partition coefficient (Wildman–Crippen LogP) is 1.25. The highest BCUT2D eigenvalue weighted by molar-refractivity contribution is 7.86. The molecule has 0 amide bonds. The second kappa shape index (κ2) is 5.23. The van der Waals surface area contributed by atoms with Crippen LogP contribution in [0.4, 0.5) is 3.89 Å². The summed E-state index contributed by atoms with van der Waals surface area (Å²) in [5.74, 6) is -0.597. The Morgan fingerprint density at radius 3 is 2.40 bits per heavy atom. The van der Waals surface area contributed by atoms with Crippen LogP contribution in [-0.4, -0.2) is 20.2 Å². The van der Waals surface area contributed by atoms with Gasteiger partial charge in [0.1, 0.15) is 0 Å². The van der Waals surface area contributed by atoms with Crippen molar-refractivity contribution in [3.05, 3.63) is 35.9 Å². The van der Waals surface area contributed by atoms with Crippen molar-refractivity contribution >= 4 is 10.2 Å². The van der Waals surface area contributed by atoms with Gasteiger partial charge in [-0.05, 0) is 18.4 Å². The van der Waals surface area contributed by atoms with Gasteiger partial charge in [0.15, 0.2) is 0 Å². The van der Waals surface area contributed by atoms with Crippen molar-refractivity contribution in [2.24, 2.45) is 5.73 Å². The standard InChI is InChI=1S/C10H14FNO2S/c11-15(13,14)8-10(12)7-6-9-4-2-1-3-5-9/h1-5,10H,6-8,12H2. The fourth-order valence-electron chi connectivity index (χ4n) is 1.34. The van der Waals surface area contributed by atoms with Gasteiger partial charge in [0.25, 0.3) is 0 Å². The van der Waals surface area contributed by atoms with E-state index >= 15 is 0 Å². The molecule has 3 nitrogen and oxygen atoms in total. The van der Waals surface area contributed by atoms with Crippen molar-refractivity contribution in [1.29, 1.82) is 0 Å². The van der Waals surface area contributed by atoms with Crippen molar-refractivity contribution in [2.45, 2.75) is 18.9 Å². The van der Waals surface area contributed by atoms with Crippen molar-refractivity contribution < 1.29 is 12.3 Å². The van der Waals surface area contributed by atoms with E-state index in [-0.39, 0.29) is 0 Å².